The highest BCUT2D eigenvalue weighted by atomic mass is 15.1. The monoisotopic (exact) mass is 176 g/mol. The van der Waals surface area contributed by atoms with Crippen LogP contribution in [0.5, 0.6) is 0 Å². The minimum atomic E-state index is 1.08. The summed E-state index contributed by atoms with van der Waals surface area (Å²) < 4.78 is 0. The number of H-pyrrole nitrogens is 1. The second kappa shape index (κ2) is 3.38. The molecule has 0 fully saturated rings. The van der Waals surface area contributed by atoms with Gasteiger partial charge in [0.15, 0.2) is 0 Å². The van der Waals surface area contributed by atoms with Gasteiger partial charge < -0.3 is 9.88 Å². The zero-order valence-corrected chi connectivity index (χ0v) is 8.30. The maximum Gasteiger partial charge on any atom is 0.0440 e. The average molecular weight is 176 g/mol. The van der Waals surface area contributed by atoms with E-state index >= 15 is 0 Å². The third kappa shape index (κ3) is 1.68. The Bertz CT molecular complexity index is 323. The van der Waals surface area contributed by atoms with Crippen molar-refractivity contribution >= 4 is 5.57 Å². The first-order valence-corrected chi connectivity index (χ1v) is 4.79. The summed E-state index contributed by atoms with van der Waals surface area (Å²) in [6.45, 7) is 4.41. The molecule has 0 spiro atoms. The largest absolute Gasteiger partial charge is 0.361 e. The molecule has 2 nitrogen and oxygen atoms in total. The fraction of sp³-hybridized carbons (Fsp3) is 0.455. The zero-order valence-electron chi connectivity index (χ0n) is 8.30. The first kappa shape index (κ1) is 8.57. The van der Waals surface area contributed by atoms with E-state index in [1.165, 1.54) is 23.4 Å². The maximum absolute atomic E-state index is 3.30. The standard InChI is InChI=1S/C11H16N2/c1-9-3-6-12-11(9)10-4-7-13(2)8-5-10/h3-4,6,12H,5,7-8H2,1-2H3. The molecule has 2 heterocycles. The molecule has 0 atom stereocenters. The predicted molar refractivity (Wildman–Crippen MR) is 55.6 cm³/mol. The lowest BCUT2D eigenvalue weighted by Crippen LogP contribution is -2.23. The molecule has 13 heavy (non-hydrogen) atoms. The third-order valence-electron chi connectivity index (χ3n) is 2.69. The quantitative estimate of drug-likeness (QED) is 0.693. The molecule has 2 rings (SSSR count). The van der Waals surface area contributed by atoms with Crippen molar-refractivity contribution in [1.29, 1.82) is 0 Å². The SMILES string of the molecule is Cc1cc[nH]c1C1=CCN(C)CC1. The highest BCUT2D eigenvalue weighted by Gasteiger charge is 2.11. The van der Waals surface area contributed by atoms with E-state index in [0.717, 1.165) is 13.0 Å². The topological polar surface area (TPSA) is 19.0 Å². The molecule has 0 aromatic carbocycles. The van der Waals surface area contributed by atoms with Crippen LogP contribution in [-0.4, -0.2) is 30.0 Å². The molecule has 1 aromatic rings. The average Bonchev–Trinajstić information content (AvgIpc) is 2.53. The van der Waals surface area contributed by atoms with E-state index in [2.05, 4.69) is 36.0 Å². The van der Waals surface area contributed by atoms with Crippen LogP contribution in [0.1, 0.15) is 17.7 Å². The normalized spacial score (nSPS) is 18.8. The van der Waals surface area contributed by atoms with Crippen LogP contribution >= 0.6 is 0 Å². The molecule has 0 unspecified atom stereocenters. The number of nitrogens with zero attached hydrogens (tertiary/aromatic N) is 1. The van der Waals surface area contributed by atoms with Gasteiger partial charge in [0.2, 0.25) is 0 Å². The van der Waals surface area contributed by atoms with Crippen molar-refractivity contribution in [2.45, 2.75) is 13.3 Å². The van der Waals surface area contributed by atoms with Crippen LogP contribution in [0.3, 0.4) is 0 Å². The molecule has 1 aromatic heterocycles. The van der Waals surface area contributed by atoms with E-state index in [0.29, 0.717) is 0 Å². The molecule has 0 saturated carbocycles. The molecule has 2 heteroatoms. The highest BCUT2D eigenvalue weighted by molar-refractivity contribution is 5.66. The maximum atomic E-state index is 3.30. The van der Waals surface area contributed by atoms with Crippen LogP contribution < -0.4 is 0 Å². The molecule has 1 aliphatic heterocycles. The molecule has 0 saturated heterocycles. The van der Waals surface area contributed by atoms with Crippen molar-refractivity contribution in [3.63, 3.8) is 0 Å². The smallest absolute Gasteiger partial charge is 0.0440 e. The summed E-state index contributed by atoms with van der Waals surface area (Å²) in [6, 6.07) is 2.13. The number of aromatic nitrogens is 1. The Kier molecular flexibility index (Phi) is 2.23. The van der Waals surface area contributed by atoms with Crippen molar-refractivity contribution in [3.05, 3.63) is 29.6 Å². The van der Waals surface area contributed by atoms with Crippen LogP contribution in [0.15, 0.2) is 18.3 Å². The third-order valence-corrected chi connectivity index (χ3v) is 2.69. The minimum absolute atomic E-state index is 1.08. The number of nitrogens with one attached hydrogen (secondary N) is 1. The summed E-state index contributed by atoms with van der Waals surface area (Å²) in [5.41, 5.74) is 4.16. The number of aryl methyl sites for hydroxylation is 1. The molecule has 1 aliphatic rings. The second-order valence-corrected chi connectivity index (χ2v) is 3.78. The Morgan fingerprint density at radius 3 is 2.85 bits per heavy atom. The van der Waals surface area contributed by atoms with Gasteiger partial charge in [-0.3, -0.25) is 0 Å². The molecule has 0 aliphatic carbocycles. The Morgan fingerprint density at radius 2 is 2.31 bits per heavy atom. The minimum Gasteiger partial charge on any atom is -0.361 e. The van der Waals surface area contributed by atoms with Gasteiger partial charge in [0.25, 0.3) is 0 Å². The van der Waals surface area contributed by atoms with Crippen LogP contribution in [0, 0.1) is 6.92 Å². The van der Waals surface area contributed by atoms with Gasteiger partial charge in [0, 0.05) is 25.0 Å². The van der Waals surface area contributed by atoms with Gasteiger partial charge in [-0.05, 0) is 37.6 Å². The first-order valence-electron chi connectivity index (χ1n) is 4.79. The van der Waals surface area contributed by atoms with E-state index in [9.17, 15) is 0 Å². The molecule has 0 bridgehead atoms. The van der Waals surface area contributed by atoms with E-state index in [1.54, 1.807) is 0 Å². The highest BCUT2D eigenvalue weighted by Crippen LogP contribution is 2.22. The van der Waals surface area contributed by atoms with Gasteiger partial charge in [0.1, 0.15) is 0 Å². The van der Waals surface area contributed by atoms with Crippen molar-refractivity contribution in [2.24, 2.45) is 0 Å². The predicted octanol–water partition coefficient (Wildman–Crippen LogP) is 2.04. The number of rotatable bonds is 1. The summed E-state index contributed by atoms with van der Waals surface area (Å²) in [5.74, 6) is 0. The zero-order chi connectivity index (χ0) is 9.26. The van der Waals surface area contributed by atoms with Crippen molar-refractivity contribution in [2.75, 3.05) is 20.1 Å². The van der Waals surface area contributed by atoms with Crippen LogP contribution in [0.2, 0.25) is 0 Å². The van der Waals surface area contributed by atoms with E-state index in [1.807, 2.05) is 6.20 Å². The van der Waals surface area contributed by atoms with Crippen molar-refractivity contribution < 1.29 is 0 Å². The van der Waals surface area contributed by atoms with Gasteiger partial charge in [-0.1, -0.05) is 6.08 Å². The van der Waals surface area contributed by atoms with Crippen LogP contribution in [0.25, 0.3) is 5.57 Å². The fourth-order valence-electron chi connectivity index (χ4n) is 1.79. The summed E-state index contributed by atoms with van der Waals surface area (Å²) in [6.07, 6.45) is 5.50. The summed E-state index contributed by atoms with van der Waals surface area (Å²) in [4.78, 5) is 5.64. The van der Waals surface area contributed by atoms with Gasteiger partial charge in [0.05, 0.1) is 0 Å². The van der Waals surface area contributed by atoms with E-state index in [-0.39, 0.29) is 0 Å². The van der Waals surface area contributed by atoms with Crippen molar-refractivity contribution in [1.82, 2.24) is 9.88 Å². The lowest BCUT2D eigenvalue weighted by Gasteiger charge is -2.21. The molecule has 70 valence electrons. The summed E-state index contributed by atoms with van der Waals surface area (Å²) >= 11 is 0. The van der Waals surface area contributed by atoms with Crippen LogP contribution in [0.4, 0.5) is 0 Å². The Balaban J connectivity index is 2.23. The molecule has 1 N–H and O–H groups in total. The number of likely N-dealkylation sites (N-methyl/N-ethyl adjacent to an activating group) is 1. The van der Waals surface area contributed by atoms with Crippen molar-refractivity contribution in [3.8, 4) is 0 Å². The fourth-order valence-corrected chi connectivity index (χ4v) is 1.79. The van der Waals surface area contributed by atoms with Gasteiger partial charge in [-0.15, -0.1) is 0 Å². The molecule has 0 amide bonds. The number of hydrogen-bond acceptors (Lipinski definition) is 1. The molecule has 0 radical (unpaired) electrons. The summed E-state index contributed by atoms with van der Waals surface area (Å²) in [7, 11) is 2.16. The van der Waals surface area contributed by atoms with Gasteiger partial charge in [-0.2, -0.15) is 0 Å². The lowest BCUT2D eigenvalue weighted by molar-refractivity contribution is 0.369. The van der Waals surface area contributed by atoms with E-state index < -0.39 is 0 Å². The summed E-state index contributed by atoms with van der Waals surface area (Å²) in [5, 5.41) is 0. The number of hydrogen-bond donors (Lipinski definition) is 1. The second-order valence-electron chi connectivity index (χ2n) is 3.78. The Labute approximate surface area is 79.3 Å². The number of aromatic amines is 1. The van der Waals surface area contributed by atoms with E-state index in [4.69, 9.17) is 0 Å². The first-order chi connectivity index (χ1) is 6.27. The van der Waals surface area contributed by atoms with Gasteiger partial charge >= 0.3 is 0 Å². The van der Waals surface area contributed by atoms with Gasteiger partial charge in [-0.25, -0.2) is 0 Å². The molecular weight excluding hydrogens is 160 g/mol. The Morgan fingerprint density at radius 1 is 1.46 bits per heavy atom. The molecular formula is C11H16N2. The van der Waals surface area contributed by atoms with Crippen LogP contribution in [-0.2, 0) is 0 Å². The Hall–Kier alpha value is -1.02. The lowest BCUT2D eigenvalue weighted by atomic mass is 10.0.